The number of aromatic amines is 1. The van der Waals surface area contributed by atoms with Crippen molar-refractivity contribution in [3.63, 3.8) is 0 Å². The molecule has 5 aliphatic rings. The Morgan fingerprint density at radius 3 is 2.37 bits per heavy atom. The largest absolute Gasteiger partial charge is 0.507 e. The predicted octanol–water partition coefficient (Wildman–Crippen LogP) is 4.81. The second-order valence-electron chi connectivity index (χ2n) is 21.4. The molecule has 4 aliphatic heterocycles. The number of H-pyrrole nitrogens is 1. The number of likely N-dealkylation sites (tertiary alicyclic amines) is 3. The van der Waals surface area contributed by atoms with Crippen LogP contribution in [0.15, 0.2) is 67.0 Å². The van der Waals surface area contributed by atoms with Crippen molar-refractivity contribution in [1.29, 1.82) is 0 Å². The normalized spacial score (nSPS) is 22.5. The van der Waals surface area contributed by atoms with Gasteiger partial charge in [-0.05, 0) is 98.5 Å². The van der Waals surface area contributed by atoms with Gasteiger partial charge in [-0.1, -0.05) is 51.0 Å². The van der Waals surface area contributed by atoms with Gasteiger partial charge < -0.3 is 50.5 Å². The number of benzene rings is 2. The molecule has 1 spiro atoms. The number of aromatic hydroxyl groups is 1. The van der Waals surface area contributed by atoms with E-state index < -0.39 is 23.6 Å². The van der Waals surface area contributed by atoms with E-state index in [1.165, 1.54) is 4.90 Å². The summed E-state index contributed by atoms with van der Waals surface area (Å²) in [6.07, 6.45) is 13.4. The van der Waals surface area contributed by atoms with Crippen molar-refractivity contribution >= 4 is 34.8 Å². The van der Waals surface area contributed by atoms with Crippen molar-refractivity contribution in [3.8, 4) is 29.4 Å². The molecule has 0 unspecified atom stereocenters. The topological polar surface area (TPSA) is 216 Å². The molecular formula is C53H63N11O6. The fraction of sp³-hybridized carbons (Fsp3) is 0.491. The SMILES string of the molecule is C#Cc1ccc([C@H](C)NC(=O)[C@@H]2C[C@@H](O)CN2C(=O)[C@@H](NC(=O)N2CC3(CC(N4CCC(c5cnc(N6CCc7[nH]c8nnc(-c9ccccc9O)cc8c7[C@H]6CO)nc5)CC4)C3)C2)C(C)(C)C)cc1. The van der Waals surface area contributed by atoms with Gasteiger partial charge in [0.25, 0.3) is 0 Å². The number of β-amino-alcohol motifs (C(OH)–C–C–N with tert-alkyl or cyclic N) is 1. The number of hydrogen-bond acceptors (Lipinski definition) is 12. The number of nitrogens with zero attached hydrogens (tertiary/aromatic N) is 8. The number of urea groups is 1. The van der Waals surface area contributed by atoms with E-state index in [0.717, 1.165) is 72.1 Å². The summed E-state index contributed by atoms with van der Waals surface area (Å²) in [5.74, 6) is 2.89. The highest BCUT2D eigenvalue weighted by Crippen LogP contribution is 2.51. The molecular weight excluding hydrogens is 887 g/mol. The van der Waals surface area contributed by atoms with E-state index in [1.807, 2.05) is 76.5 Å². The molecule has 5 aromatic rings. The third-order valence-electron chi connectivity index (χ3n) is 15.6. The van der Waals surface area contributed by atoms with Crippen LogP contribution in [0.25, 0.3) is 22.3 Å². The van der Waals surface area contributed by atoms with Gasteiger partial charge in [0, 0.05) is 90.6 Å². The number of para-hydroxylation sites is 1. The minimum atomic E-state index is -0.902. The lowest BCUT2D eigenvalue weighted by molar-refractivity contribution is -0.142. The monoisotopic (exact) mass is 949 g/mol. The number of carbonyl (C=O) groups is 3. The number of nitrogens with one attached hydrogen (secondary N) is 3. The van der Waals surface area contributed by atoms with Gasteiger partial charge in [-0.25, -0.2) is 14.8 Å². The predicted molar refractivity (Wildman–Crippen MR) is 263 cm³/mol. The van der Waals surface area contributed by atoms with E-state index in [2.05, 4.69) is 41.5 Å². The Kier molecular flexibility index (Phi) is 12.5. The van der Waals surface area contributed by atoms with Crippen molar-refractivity contribution in [2.75, 3.05) is 50.8 Å². The zero-order chi connectivity index (χ0) is 49.1. The van der Waals surface area contributed by atoms with Crippen molar-refractivity contribution in [3.05, 3.63) is 94.9 Å². The third-order valence-corrected chi connectivity index (χ3v) is 15.6. The average molecular weight is 950 g/mol. The number of anilines is 1. The quantitative estimate of drug-likeness (QED) is 0.104. The first kappa shape index (κ1) is 47.1. The summed E-state index contributed by atoms with van der Waals surface area (Å²) in [5.41, 5.74) is 5.87. The van der Waals surface area contributed by atoms with E-state index in [0.29, 0.717) is 60.9 Å². The molecule has 7 heterocycles. The number of fused-ring (bicyclic) bond motifs is 3. The lowest BCUT2D eigenvalue weighted by Crippen LogP contribution is -2.70. The Balaban J connectivity index is 0.702. The molecule has 6 N–H and O–H groups in total. The molecule has 3 saturated heterocycles. The molecule has 4 fully saturated rings. The van der Waals surface area contributed by atoms with E-state index in [-0.39, 0.29) is 60.7 Å². The molecule has 0 bridgehead atoms. The maximum Gasteiger partial charge on any atom is 0.318 e. The summed E-state index contributed by atoms with van der Waals surface area (Å²) in [4.78, 5) is 62.6. The summed E-state index contributed by atoms with van der Waals surface area (Å²) in [6, 6.07) is 14.0. The molecule has 10 rings (SSSR count). The maximum absolute atomic E-state index is 14.2. The van der Waals surface area contributed by atoms with Gasteiger partial charge in [0.15, 0.2) is 5.65 Å². The number of phenols is 1. The summed E-state index contributed by atoms with van der Waals surface area (Å²) in [6.45, 7) is 11.3. The van der Waals surface area contributed by atoms with Gasteiger partial charge in [-0.3, -0.25) is 9.59 Å². The van der Waals surface area contributed by atoms with E-state index >= 15 is 0 Å². The number of aromatic nitrogens is 5. The Morgan fingerprint density at radius 2 is 1.70 bits per heavy atom. The number of aliphatic hydroxyl groups excluding tert-OH is 2. The molecule has 70 heavy (non-hydrogen) atoms. The summed E-state index contributed by atoms with van der Waals surface area (Å²) in [7, 11) is 0. The summed E-state index contributed by atoms with van der Waals surface area (Å²) in [5, 5.41) is 47.6. The van der Waals surface area contributed by atoms with Gasteiger partial charge in [-0.15, -0.1) is 16.6 Å². The molecule has 3 aromatic heterocycles. The Hall–Kier alpha value is -6.61. The first-order valence-corrected chi connectivity index (χ1v) is 24.6. The minimum Gasteiger partial charge on any atom is -0.507 e. The highest BCUT2D eigenvalue weighted by atomic mass is 16.3. The molecule has 366 valence electrons. The Bertz CT molecular complexity index is 2800. The lowest BCUT2D eigenvalue weighted by Gasteiger charge is -2.61. The second-order valence-corrected chi connectivity index (χ2v) is 21.4. The highest BCUT2D eigenvalue weighted by Gasteiger charge is 2.56. The van der Waals surface area contributed by atoms with Crippen molar-refractivity contribution < 1.29 is 29.7 Å². The lowest BCUT2D eigenvalue weighted by atomic mass is 9.60. The summed E-state index contributed by atoms with van der Waals surface area (Å²) >= 11 is 0. The molecule has 17 heteroatoms. The molecule has 17 nitrogen and oxygen atoms in total. The van der Waals surface area contributed by atoms with Crippen LogP contribution in [-0.2, 0) is 16.0 Å². The molecule has 2 aromatic carbocycles. The Morgan fingerprint density at radius 1 is 0.986 bits per heavy atom. The second kappa shape index (κ2) is 18.6. The number of amides is 4. The third kappa shape index (κ3) is 8.92. The number of hydrogen-bond donors (Lipinski definition) is 6. The number of piperidine rings is 1. The van der Waals surface area contributed by atoms with Crippen LogP contribution in [0.3, 0.4) is 0 Å². The van der Waals surface area contributed by atoms with Gasteiger partial charge in [-0.2, -0.15) is 0 Å². The van der Waals surface area contributed by atoms with Gasteiger partial charge >= 0.3 is 6.03 Å². The first-order chi connectivity index (χ1) is 33.6. The van der Waals surface area contributed by atoms with Crippen LogP contribution in [0.4, 0.5) is 10.7 Å². The molecule has 0 radical (unpaired) electrons. The van der Waals surface area contributed by atoms with Crippen LogP contribution < -0.4 is 15.5 Å². The fourth-order valence-electron chi connectivity index (χ4n) is 11.7. The Labute approximate surface area is 408 Å². The highest BCUT2D eigenvalue weighted by molar-refractivity contribution is 5.93. The number of carbonyl (C=O) groups excluding carboxylic acids is 3. The standard InChI is InChI=1S/C53H63N11O6/c1-6-32-11-13-33(14-12-32)31(2)56-48(68)42-21-37(66)27-64(42)49(69)46(52(3,4)5)58-51(70)62-29-53(30-62)23-36(24-53)61-18-15-34(16-19-61)35-25-54-50(55-26-35)63-20-17-40-45(43(63)28-65)39-22-41(59-60-47(39)57-40)38-9-7-8-10-44(38)67/h1,7-14,22,25-26,31,34,36-37,42-43,46,65-67H,15-21,23-24,27-30H2,2-5H3,(H,56,68)(H,57,60)(H,58,70)/t31-,37+,42-,43+,46+/m0/s1. The van der Waals surface area contributed by atoms with Crippen molar-refractivity contribution in [1.82, 2.24) is 50.5 Å². The number of rotatable bonds is 10. The number of aliphatic hydroxyl groups is 2. The van der Waals surface area contributed by atoms with Crippen molar-refractivity contribution in [2.24, 2.45) is 10.8 Å². The van der Waals surface area contributed by atoms with Gasteiger partial charge in [0.1, 0.15) is 17.8 Å². The van der Waals surface area contributed by atoms with Crippen LogP contribution in [0.2, 0.25) is 0 Å². The molecule has 4 amide bonds. The van der Waals surface area contributed by atoms with Gasteiger partial charge in [0.2, 0.25) is 17.8 Å². The average Bonchev–Trinajstić information content (AvgIpc) is 3.92. The van der Waals surface area contributed by atoms with Gasteiger partial charge in [0.05, 0.1) is 30.5 Å². The van der Waals surface area contributed by atoms with E-state index in [4.69, 9.17) is 16.4 Å². The fourth-order valence-corrected chi connectivity index (χ4v) is 11.7. The van der Waals surface area contributed by atoms with Crippen LogP contribution in [0, 0.1) is 23.2 Å². The number of terminal acetylenes is 1. The van der Waals surface area contributed by atoms with Crippen molar-refractivity contribution in [2.45, 2.75) is 108 Å². The smallest absolute Gasteiger partial charge is 0.318 e. The van der Waals surface area contributed by atoms with Crippen LogP contribution in [0.5, 0.6) is 5.75 Å². The molecule has 1 saturated carbocycles. The minimum absolute atomic E-state index is 0.0109. The molecule has 5 atom stereocenters. The molecule has 1 aliphatic carbocycles. The number of phenolic OH excluding ortho intramolecular Hbond substituents is 1. The zero-order valence-electron chi connectivity index (χ0n) is 40.3. The van der Waals surface area contributed by atoms with Crippen LogP contribution in [0.1, 0.15) is 106 Å². The van der Waals surface area contributed by atoms with E-state index in [1.54, 1.807) is 23.1 Å². The van der Waals surface area contributed by atoms with Crippen LogP contribution in [-0.4, -0.2) is 143 Å². The summed E-state index contributed by atoms with van der Waals surface area (Å²) < 4.78 is 0. The maximum atomic E-state index is 14.2. The zero-order valence-corrected chi connectivity index (χ0v) is 40.3. The van der Waals surface area contributed by atoms with E-state index in [9.17, 15) is 29.7 Å². The first-order valence-electron chi connectivity index (χ1n) is 24.6. The van der Waals surface area contributed by atoms with Crippen LogP contribution >= 0.6 is 0 Å².